The minimum absolute atomic E-state index is 0.0110. The summed E-state index contributed by atoms with van der Waals surface area (Å²) in [5.74, 6) is -0.778. The molecule has 1 heterocycles. The minimum Gasteiger partial charge on any atom is -0.490 e. The van der Waals surface area contributed by atoms with Crippen molar-refractivity contribution >= 4 is 40.2 Å². The van der Waals surface area contributed by atoms with E-state index in [1.807, 2.05) is 0 Å². The van der Waals surface area contributed by atoms with Crippen molar-refractivity contribution in [2.24, 2.45) is 5.10 Å². The number of hydrazone groups is 1. The standard InChI is InChI=1S/C20H18N6O6S/c1-2-31-16-8-12(11-22-23-17(27)10-18-24-25-20(21)33-18)6-7-15(16)32-19(28)13-4-3-5-14(9-13)26(29)30/h3-9,11H,2,10H2,1H3,(H2,21,25)(H,23,27). The number of anilines is 1. The summed E-state index contributed by atoms with van der Waals surface area (Å²) in [6, 6.07) is 9.87. The average Bonchev–Trinajstić information content (AvgIpc) is 3.20. The first-order valence-corrected chi connectivity index (χ1v) is 10.3. The molecule has 0 fully saturated rings. The Balaban J connectivity index is 1.67. The topological polar surface area (TPSA) is 172 Å². The van der Waals surface area contributed by atoms with Gasteiger partial charge in [-0.05, 0) is 36.8 Å². The third-order valence-electron chi connectivity index (χ3n) is 3.96. The number of nitrogen functional groups attached to an aromatic ring is 1. The molecule has 170 valence electrons. The minimum atomic E-state index is -0.773. The van der Waals surface area contributed by atoms with Crippen molar-refractivity contribution in [2.75, 3.05) is 12.3 Å². The van der Waals surface area contributed by atoms with Crippen LogP contribution in [0.1, 0.15) is 27.9 Å². The van der Waals surface area contributed by atoms with Gasteiger partial charge >= 0.3 is 5.97 Å². The first-order chi connectivity index (χ1) is 15.9. The van der Waals surface area contributed by atoms with E-state index >= 15 is 0 Å². The number of carbonyl (C=O) groups excluding carboxylic acids is 2. The molecule has 0 spiro atoms. The third kappa shape index (κ3) is 6.54. The van der Waals surface area contributed by atoms with Gasteiger partial charge in [-0.25, -0.2) is 10.2 Å². The molecule has 33 heavy (non-hydrogen) atoms. The molecule has 0 radical (unpaired) electrons. The summed E-state index contributed by atoms with van der Waals surface area (Å²) >= 11 is 1.11. The molecule has 3 N–H and O–H groups in total. The molecule has 0 saturated carbocycles. The van der Waals surface area contributed by atoms with Crippen LogP contribution in [0.25, 0.3) is 0 Å². The van der Waals surface area contributed by atoms with Crippen LogP contribution < -0.4 is 20.6 Å². The second-order valence-electron chi connectivity index (χ2n) is 6.34. The molecule has 0 bridgehead atoms. The third-order valence-corrected chi connectivity index (χ3v) is 4.71. The number of amides is 1. The lowest BCUT2D eigenvalue weighted by atomic mass is 10.2. The Kier molecular flexibility index (Phi) is 7.60. The van der Waals surface area contributed by atoms with Crippen molar-refractivity contribution in [3.8, 4) is 11.5 Å². The Morgan fingerprint density at radius 1 is 1.24 bits per heavy atom. The van der Waals surface area contributed by atoms with Gasteiger partial charge in [0.05, 0.1) is 29.7 Å². The highest BCUT2D eigenvalue weighted by atomic mass is 32.1. The largest absolute Gasteiger partial charge is 0.490 e. The summed E-state index contributed by atoms with van der Waals surface area (Å²) in [6.07, 6.45) is 1.38. The number of nitrogens with zero attached hydrogens (tertiary/aromatic N) is 4. The highest BCUT2D eigenvalue weighted by Crippen LogP contribution is 2.29. The number of non-ortho nitro benzene ring substituents is 1. The monoisotopic (exact) mass is 470 g/mol. The number of ether oxygens (including phenoxy) is 2. The number of benzene rings is 2. The second kappa shape index (κ2) is 10.8. The number of nitro benzene ring substituents is 1. The van der Waals surface area contributed by atoms with Gasteiger partial charge in [-0.15, -0.1) is 10.2 Å². The van der Waals surface area contributed by atoms with Crippen molar-refractivity contribution in [1.82, 2.24) is 15.6 Å². The van der Waals surface area contributed by atoms with Gasteiger partial charge in [-0.3, -0.25) is 14.9 Å². The lowest BCUT2D eigenvalue weighted by molar-refractivity contribution is -0.384. The quantitative estimate of drug-likeness (QED) is 0.156. The number of nitro groups is 1. The summed E-state index contributed by atoms with van der Waals surface area (Å²) < 4.78 is 10.9. The molecule has 0 aliphatic rings. The highest BCUT2D eigenvalue weighted by Gasteiger charge is 2.16. The predicted octanol–water partition coefficient (Wildman–Crippen LogP) is 2.34. The van der Waals surface area contributed by atoms with Crippen LogP contribution in [0.3, 0.4) is 0 Å². The van der Waals surface area contributed by atoms with Gasteiger partial charge < -0.3 is 15.2 Å². The van der Waals surface area contributed by atoms with E-state index in [1.54, 1.807) is 19.1 Å². The maximum atomic E-state index is 12.4. The number of hydrogen-bond donors (Lipinski definition) is 2. The highest BCUT2D eigenvalue weighted by molar-refractivity contribution is 7.15. The summed E-state index contributed by atoms with van der Waals surface area (Å²) in [5.41, 5.74) is 8.21. The lowest BCUT2D eigenvalue weighted by Gasteiger charge is -2.11. The fourth-order valence-corrected chi connectivity index (χ4v) is 3.16. The van der Waals surface area contributed by atoms with E-state index in [9.17, 15) is 19.7 Å². The molecule has 3 aromatic rings. The number of nitrogens with two attached hydrogens (primary N) is 1. The van der Waals surface area contributed by atoms with Crippen molar-refractivity contribution in [1.29, 1.82) is 0 Å². The zero-order chi connectivity index (χ0) is 23.8. The first kappa shape index (κ1) is 23.3. The van der Waals surface area contributed by atoms with E-state index in [-0.39, 0.29) is 34.3 Å². The molecule has 0 unspecified atom stereocenters. The van der Waals surface area contributed by atoms with E-state index in [0.717, 1.165) is 17.4 Å². The summed E-state index contributed by atoms with van der Waals surface area (Å²) in [6.45, 7) is 2.05. The van der Waals surface area contributed by atoms with E-state index in [4.69, 9.17) is 15.2 Å². The van der Waals surface area contributed by atoms with E-state index < -0.39 is 16.8 Å². The number of nitrogens with one attached hydrogen (secondary N) is 1. The summed E-state index contributed by atoms with van der Waals surface area (Å²) in [7, 11) is 0. The van der Waals surface area contributed by atoms with Crippen LogP contribution in [0.15, 0.2) is 47.6 Å². The van der Waals surface area contributed by atoms with Gasteiger partial charge in [0.2, 0.25) is 11.0 Å². The number of hydrogen-bond acceptors (Lipinski definition) is 11. The molecule has 1 amide bonds. The maximum Gasteiger partial charge on any atom is 0.343 e. The fourth-order valence-electron chi connectivity index (χ4n) is 2.56. The maximum absolute atomic E-state index is 12.4. The second-order valence-corrected chi connectivity index (χ2v) is 7.43. The Labute approximate surface area is 191 Å². The SMILES string of the molecule is CCOc1cc(C=NNC(=O)Cc2nnc(N)s2)ccc1OC(=O)c1cccc([N+](=O)[O-])c1. The number of rotatable bonds is 9. The number of aromatic nitrogens is 2. The van der Waals surface area contributed by atoms with Crippen LogP contribution in [0, 0.1) is 10.1 Å². The molecule has 12 nitrogen and oxygen atoms in total. The Hall–Kier alpha value is -4.39. The molecule has 3 rings (SSSR count). The molecule has 0 saturated heterocycles. The predicted molar refractivity (Wildman–Crippen MR) is 119 cm³/mol. The van der Waals surface area contributed by atoms with Gasteiger partial charge in [-0.2, -0.15) is 5.10 Å². The van der Waals surface area contributed by atoms with E-state index in [0.29, 0.717) is 17.2 Å². The molecule has 0 atom stereocenters. The fraction of sp³-hybridized carbons (Fsp3) is 0.150. The Morgan fingerprint density at radius 3 is 2.76 bits per heavy atom. The van der Waals surface area contributed by atoms with E-state index in [2.05, 4.69) is 20.7 Å². The Morgan fingerprint density at radius 2 is 2.06 bits per heavy atom. The summed E-state index contributed by atoms with van der Waals surface area (Å²) in [5, 5.41) is 22.9. The zero-order valence-electron chi connectivity index (χ0n) is 17.3. The zero-order valence-corrected chi connectivity index (χ0v) is 18.1. The van der Waals surface area contributed by atoms with Crippen LogP contribution in [-0.2, 0) is 11.2 Å². The van der Waals surface area contributed by atoms with E-state index in [1.165, 1.54) is 30.5 Å². The van der Waals surface area contributed by atoms with Crippen molar-refractivity contribution < 1.29 is 24.0 Å². The average molecular weight is 470 g/mol. The number of carbonyl (C=O) groups is 2. The molecule has 0 aliphatic heterocycles. The normalized spacial score (nSPS) is 10.7. The van der Waals surface area contributed by atoms with Gasteiger partial charge in [-0.1, -0.05) is 17.4 Å². The molecule has 2 aromatic carbocycles. The van der Waals surface area contributed by atoms with Crippen LogP contribution in [-0.4, -0.2) is 39.8 Å². The van der Waals surface area contributed by atoms with Crippen LogP contribution >= 0.6 is 11.3 Å². The summed E-state index contributed by atoms with van der Waals surface area (Å²) in [4.78, 5) is 34.7. The van der Waals surface area contributed by atoms with Crippen LogP contribution in [0.4, 0.5) is 10.8 Å². The van der Waals surface area contributed by atoms with Crippen LogP contribution in [0.5, 0.6) is 11.5 Å². The first-order valence-electron chi connectivity index (χ1n) is 9.49. The van der Waals surface area contributed by atoms with Gasteiger partial charge in [0.1, 0.15) is 5.01 Å². The van der Waals surface area contributed by atoms with Gasteiger partial charge in [0.15, 0.2) is 11.5 Å². The van der Waals surface area contributed by atoms with Crippen LogP contribution in [0.2, 0.25) is 0 Å². The molecule has 13 heteroatoms. The lowest BCUT2D eigenvalue weighted by Crippen LogP contribution is -2.19. The molecular weight excluding hydrogens is 452 g/mol. The molecule has 0 aliphatic carbocycles. The Bertz CT molecular complexity index is 1210. The molecule has 1 aromatic heterocycles. The van der Waals surface area contributed by atoms with Crippen molar-refractivity contribution in [2.45, 2.75) is 13.3 Å². The molecular formula is C20H18N6O6S. The number of esters is 1. The smallest absolute Gasteiger partial charge is 0.343 e. The van der Waals surface area contributed by atoms with Crippen molar-refractivity contribution in [3.05, 3.63) is 68.7 Å². The van der Waals surface area contributed by atoms with Gasteiger partial charge in [0, 0.05) is 12.1 Å². The van der Waals surface area contributed by atoms with Crippen molar-refractivity contribution in [3.63, 3.8) is 0 Å². The van der Waals surface area contributed by atoms with Gasteiger partial charge in [0.25, 0.3) is 5.69 Å².